The number of hydrogen-bond donors (Lipinski definition) is 1. The topological polar surface area (TPSA) is 68.0 Å². The van der Waals surface area contributed by atoms with Crippen LogP contribution >= 0.6 is 15.9 Å². The zero-order valence-corrected chi connectivity index (χ0v) is 10.7. The zero-order valence-electron chi connectivity index (χ0n) is 9.13. The van der Waals surface area contributed by atoms with Crippen LogP contribution in [0.4, 0.5) is 5.82 Å². The highest BCUT2D eigenvalue weighted by atomic mass is 79.9. The summed E-state index contributed by atoms with van der Waals surface area (Å²) in [5.41, 5.74) is 0.642. The van der Waals surface area contributed by atoms with Gasteiger partial charge in [-0.3, -0.25) is 4.98 Å². The monoisotopic (exact) mass is 284 g/mol. The summed E-state index contributed by atoms with van der Waals surface area (Å²) in [4.78, 5) is 4.09. The number of alkyl halides is 1. The summed E-state index contributed by atoms with van der Waals surface area (Å²) in [7, 11) is 0. The molecule has 0 saturated carbocycles. The van der Waals surface area contributed by atoms with Crippen LogP contribution in [0.25, 0.3) is 5.65 Å². The van der Waals surface area contributed by atoms with E-state index in [-0.39, 0.29) is 0 Å². The number of nitrogens with one attached hydrogen (secondary N) is 1. The minimum Gasteiger partial charge on any atom is -0.366 e. The molecule has 0 aliphatic carbocycles. The Morgan fingerprint density at radius 2 is 2.25 bits per heavy atom. The summed E-state index contributed by atoms with van der Waals surface area (Å²) < 4.78 is 1.64. The lowest BCUT2D eigenvalue weighted by Crippen LogP contribution is -2.26. The molecular weight excluding hydrogens is 272 g/mol. The lowest BCUT2D eigenvalue weighted by molar-refractivity contribution is 0.568. The normalized spacial score (nSPS) is 14.9. The first-order valence-electron chi connectivity index (χ1n) is 5.07. The highest BCUT2D eigenvalue weighted by Crippen LogP contribution is 2.13. The summed E-state index contributed by atoms with van der Waals surface area (Å²) >= 11 is 3.47. The molecule has 2 aromatic heterocycles. The summed E-state index contributed by atoms with van der Waals surface area (Å²) in [5, 5.41) is 15.6. The largest absolute Gasteiger partial charge is 0.366 e. The minimum atomic E-state index is 0.316. The maximum Gasteiger partial charge on any atom is 0.199 e. The van der Waals surface area contributed by atoms with Crippen molar-refractivity contribution in [3.05, 3.63) is 12.4 Å². The van der Waals surface area contributed by atoms with Crippen LogP contribution in [0, 0.1) is 5.92 Å². The molecule has 6 nitrogen and oxygen atoms in total. The first-order valence-corrected chi connectivity index (χ1v) is 6.19. The second-order valence-corrected chi connectivity index (χ2v) is 4.45. The minimum absolute atomic E-state index is 0.316. The van der Waals surface area contributed by atoms with Crippen molar-refractivity contribution in [1.29, 1.82) is 0 Å². The van der Waals surface area contributed by atoms with Crippen molar-refractivity contribution < 1.29 is 0 Å². The standard InChI is InChI=1S/C9H13BrN6/c1-6(3-10)7(2)12-8-4-11-5-9-13-14-15-16(8)9/h4-7,12H,3H2,1-2H3. The Bertz CT molecular complexity index is 470. The number of hydrogen-bond acceptors (Lipinski definition) is 5. The molecule has 0 amide bonds. The molecule has 0 aromatic carbocycles. The van der Waals surface area contributed by atoms with Crippen LogP contribution in [0.2, 0.25) is 0 Å². The van der Waals surface area contributed by atoms with Gasteiger partial charge in [0.2, 0.25) is 0 Å². The molecule has 16 heavy (non-hydrogen) atoms. The Balaban J connectivity index is 2.23. The van der Waals surface area contributed by atoms with Gasteiger partial charge in [-0.2, -0.15) is 4.52 Å². The lowest BCUT2D eigenvalue weighted by atomic mass is 10.1. The van der Waals surface area contributed by atoms with Gasteiger partial charge in [0, 0.05) is 11.4 Å². The third-order valence-electron chi connectivity index (χ3n) is 2.58. The average molecular weight is 285 g/mol. The van der Waals surface area contributed by atoms with E-state index in [0.717, 1.165) is 11.1 Å². The molecule has 0 radical (unpaired) electrons. The van der Waals surface area contributed by atoms with Gasteiger partial charge in [0.05, 0.1) is 12.4 Å². The first kappa shape index (κ1) is 11.3. The Kier molecular flexibility index (Phi) is 3.33. The van der Waals surface area contributed by atoms with E-state index in [4.69, 9.17) is 0 Å². The van der Waals surface area contributed by atoms with Crippen molar-refractivity contribution >= 4 is 27.4 Å². The zero-order chi connectivity index (χ0) is 11.5. The predicted octanol–water partition coefficient (Wildman–Crippen LogP) is 1.35. The van der Waals surface area contributed by atoms with Crippen LogP contribution in [-0.2, 0) is 0 Å². The SMILES string of the molecule is CC(CBr)C(C)Nc1cncc2nnnn12. The number of aromatic nitrogens is 5. The predicted molar refractivity (Wildman–Crippen MR) is 64.6 cm³/mol. The third-order valence-corrected chi connectivity index (χ3v) is 3.60. The third kappa shape index (κ3) is 2.13. The Labute approximate surface area is 102 Å². The second kappa shape index (κ2) is 4.73. The van der Waals surface area contributed by atoms with Crippen molar-refractivity contribution in [1.82, 2.24) is 25.0 Å². The van der Waals surface area contributed by atoms with Gasteiger partial charge in [-0.05, 0) is 23.3 Å². The van der Waals surface area contributed by atoms with Crippen LogP contribution in [0.3, 0.4) is 0 Å². The maximum atomic E-state index is 4.09. The summed E-state index contributed by atoms with van der Waals surface area (Å²) in [6.07, 6.45) is 3.35. The molecule has 0 aliphatic heterocycles. The highest BCUT2D eigenvalue weighted by molar-refractivity contribution is 9.09. The molecule has 86 valence electrons. The number of halogens is 1. The summed E-state index contributed by atoms with van der Waals surface area (Å²) in [5.74, 6) is 1.31. The fraction of sp³-hybridized carbons (Fsp3) is 0.556. The molecule has 2 heterocycles. The fourth-order valence-electron chi connectivity index (χ4n) is 1.28. The molecule has 2 atom stereocenters. The van der Waals surface area contributed by atoms with Gasteiger partial charge < -0.3 is 5.32 Å². The van der Waals surface area contributed by atoms with Crippen LogP contribution in [0.1, 0.15) is 13.8 Å². The van der Waals surface area contributed by atoms with Crippen molar-refractivity contribution in [2.45, 2.75) is 19.9 Å². The van der Waals surface area contributed by atoms with Gasteiger partial charge in [-0.25, -0.2) is 0 Å². The van der Waals surface area contributed by atoms with Crippen molar-refractivity contribution in [2.75, 3.05) is 10.6 Å². The molecule has 1 N–H and O–H groups in total. The van der Waals surface area contributed by atoms with Crippen LogP contribution < -0.4 is 5.32 Å². The fourth-order valence-corrected chi connectivity index (χ4v) is 1.84. The van der Waals surface area contributed by atoms with E-state index in [9.17, 15) is 0 Å². The molecule has 2 rings (SSSR count). The van der Waals surface area contributed by atoms with Gasteiger partial charge in [0.15, 0.2) is 11.5 Å². The van der Waals surface area contributed by atoms with Gasteiger partial charge in [0.1, 0.15) is 0 Å². The van der Waals surface area contributed by atoms with Gasteiger partial charge in [-0.15, -0.1) is 5.10 Å². The number of nitrogens with zero attached hydrogens (tertiary/aromatic N) is 5. The van der Waals surface area contributed by atoms with Crippen molar-refractivity contribution in [3.63, 3.8) is 0 Å². The Hall–Kier alpha value is -1.24. The van der Waals surface area contributed by atoms with E-state index in [0.29, 0.717) is 17.6 Å². The second-order valence-electron chi connectivity index (χ2n) is 3.81. The van der Waals surface area contributed by atoms with E-state index in [2.05, 4.69) is 55.6 Å². The highest BCUT2D eigenvalue weighted by Gasteiger charge is 2.12. The number of tetrazole rings is 1. The van der Waals surface area contributed by atoms with E-state index >= 15 is 0 Å². The van der Waals surface area contributed by atoms with Gasteiger partial charge in [-0.1, -0.05) is 22.9 Å². The molecule has 2 unspecified atom stereocenters. The van der Waals surface area contributed by atoms with Crippen molar-refractivity contribution in [3.8, 4) is 0 Å². The quantitative estimate of drug-likeness (QED) is 0.859. The van der Waals surface area contributed by atoms with Crippen LogP contribution in [0.5, 0.6) is 0 Å². The lowest BCUT2D eigenvalue weighted by Gasteiger charge is -2.20. The van der Waals surface area contributed by atoms with E-state index in [1.54, 1.807) is 16.9 Å². The van der Waals surface area contributed by atoms with E-state index < -0.39 is 0 Å². The smallest absolute Gasteiger partial charge is 0.199 e. The molecule has 0 aliphatic rings. The molecule has 2 aromatic rings. The van der Waals surface area contributed by atoms with Gasteiger partial charge in [0.25, 0.3) is 0 Å². The van der Waals surface area contributed by atoms with E-state index in [1.807, 2.05) is 0 Å². The number of fused-ring (bicyclic) bond motifs is 1. The Morgan fingerprint density at radius 1 is 1.44 bits per heavy atom. The van der Waals surface area contributed by atoms with Crippen LogP contribution in [-0.4, -0.2) is 36.4 Å². The summed E-state index contributed by atoms with van der Waals surface area (Å²) in [6, 6.07) is 0.316. The molecule has 7 heteroatoms. The van der Waals surface area contributed by atoms with Crippen LogP contribution in [0.15, 0.2) is 12.4 Å². The summed E-state index contributed by atoms with van der Waals surface area (Å²) in [6.45, 7) is 4.29. The average Bonchev–Trinajstić information content (AvgIpc) is 2.77. The van der Waals surface area contributed by atoms with Gasteiger partial charge >= 0.3 is 0 Å². The molecule has 0 bridgehead atoms. The maximum absolute atomic E-state index is 4.09. The number of rotatable bonds is 4. The molecule has 0 saturated heterocycles. The number of anilines is 1. The Morgan fingerprint density at radius 3 is 3.00 bits per heavy atom. The molecule has 0 spiro atoms. The van der Waals surface area contributed by atoms with E-state index in [1.165, 1.54) is 0 Å². The van der Waals surface area contributed by atoms with Crippen molar-refractivity contribution in [2.24, 2.45) is 5.92 Å². The first-order chi connectivity index (χ1) is 7.72. The molecule has 0 fully saturated rings. The molecular formula is C9H13BrN6.